The molecule has 0 heterocycles. The van der Waals surface area contributed by atoms with Crippen LogP contribution in [0.2, 0.25) is 0 Å². The molecule has 0 spiro atoms. The number of nitrogens with two attached hydrogens (primary N) is 1. The Kier molecular flexibility index (Phi) is 5.69. The average Bonchev–Trinajstić information content (AvgIpc) is 2.39. The van der Waals surface area contributed by atoms with Gasteiger partial charge in [-0.1, -0.05) is 19.9 Å². The number of carboxylic acids is 1. The van der Waals surface area contributed by atoms with Crippen molar-refractivity contribution in [3.05, 3.63) is 29.6 Å². The lowest BCUT2D eigenvalue weighted by Gasteiger charge is -2.23. The molecule has 21 heavy (non-hydrogen) atoms. The summed E-state index contributed by atoms with van der Waals surface area (Å²) in [7, 11) is 0. The van der Waals surface area contributed by atoms with Crippen molar-refractivity contribution in [1.29, 1.82) is 0 Å². The molecule has 1 aromatic carbocycles. The average molecular weight is 296 g/mol. The van der Waals surface area contributed by atoms with Gasteiger partial charge in [-0.15, -0.1) is 0 Å². The van der Waals surface area contributed by atoms with Gasteiger partial charge in [0.25, 0.3) is 5.91 Å². The Hall–Kier alpha value is -2.11. The molecule has 0 unspecified atom stereocenters. The molecule has 0 aromatic heterocycles. The van der Waals surface area contributed by atoms with Crippen molar-refractivity contribution in [2.24, 2.45) is 5.41 Å². The first-order chi connectivity index (χ1) is 9.73. The molecule has 0 saturated heterocycles. The summed E-state index contributed by atoms with van der Waals surface area (Å²) < 4.78 is 13.3. The van der Waals surface area contributed by atoms with Crippen molar-refractivity contribution >= 4 is 17.6 Å². The van der Waals surface area contributed by atoms with Crippen molar-refractivity contribution in [1.82, 2.24) is 5.32 Å². The van der Waals surface area contributed by atoms with E-state index in [0.29, 0.717) is 19.4 Å². The summed E-state index contributed by atoms with van der Waals surface area (Å²) in [4.78, 5) is 22.5. The van der Waals surface area contributed by atoms with Crippen molar-refractivity contribution in [3.63, 3.8) is 0 Å². The van der Waals surface area contributed by atoms with E-state index in [9.17, 15) is 14.0 Å². The van der Waals surface area contributed by atoms with Crippen LogP contribution in [0.3, 0.4) is 0 Å². The number of carbonyl (C=O) groups is 2. The first kappa shape index (κ1) is 16.9. The molecule has 0 radical (unpaired) electrons. The van der Waals surface area contributed by atoms with Gasteiger partial charge in [-0.25, -0.2) is 4.39 Å². The fourth-order valence-electron chi connectivity index (χ4n) is 1.91. The zero-order chi connectivity index (χ0) is 16.0. The Morgan fingerprint density at radius 2 is 2.00 bits per heavy atom. The van der Waals surface area contributed by atoms with E-state index in [-0.39, 0.29) is 23.1 Å². The summed E-state index contributed by atoms with van der Waals surface area (Å²) in [5, 5.41) is 11.4. The lowest BCUT2D eigenvalue weighted by atomic mass is 9.84. The van der Waals surface area contributed by atoms with Crippen LogP contribution in [0, 0.1) is 11.2 Å². The predicted molar refractivity (Wildman–Crippen MR) is 78.4 cm³/mol. The van der Waals surface area contributed by atoms with E-state index < -0.39 is 17.7 Å². The zero-order valence-corrected chi connectivity index (χ0v) is 12.3. The number of benzene rings is 1. The Morgan fingerprint density at radius 3 is 2.62 bits per heavy atom. The van der Waals surface area contributed by atoms with E-state index in [1.165, 1.54) is 18.2 Å². The molecule has 0 atom stereocenters. The Balaban J connectivity index is 2.50. The van der Waals surface area contributed by atoms with Crippen molar-refractivity contribution < 1.29 is 19.1 Å². The number of carboxylic acid groups (broad SMARTS) is 1. The third kappa shape index (κ3) is 5.41. The van der Waals surface area contributed by atoms with Gasteiger partial charge in [-0.3, -0.25) is 9.59 Å². The molecule has 1 amide bonds. The van der Waals surface area contributed by atoms with Crippen molar-refractivity contribution in [3.8, 4) is 0 Å². The van der Waals surface area contributed by atoms with E-state index in [1.54, 1.807) is 0 Å². The summed E-state index contributed by atoms with van der Waals surface area (Å²) in [6, 6.07) is 4.09. The first-order valence-electron chi connectivity index (χ1n) is 6.77. The number of hydrogen-bond donors (Lipinski definition) is 3. The van der Waals surface area contributed by atoms with Gasteiger partial charge in [0.1, 0.15) is 5.82 Å². The molecular formula is C15H21FN2O3. The molecule has 1 rings (SSSR count). The maximum absolute atomic E-state index is 13.3. The highest BCUT2D eigenvalue weighted by molar-refractivity contribution is 5.99. The second-order valence-electron chi connectivity index (χ2n) is 5.76. The van der Waals surface area contributed by atoms with Gasteiger partial charge in [-0.2, -0.15) is 0 Å². The molecule has 0 aliphatic carbocycles. The molecule has 0 aliphatic rings. The Bertz CT molecular complexity index is 530. The molecule has 0 bridgehead atoms. The van der Waals surface area contributed by atoms with E-state index >= 15 is 0 Å². The lowest BCUT2D eigenvalue weighted by molar-refractivity contribution is -0.137. The molecule has 0 aliphatic heterocycles. The van der Waals surface area contributed by atoms with Crippen LogP contribution in [-0.2, 0) is 4.79 Å². The normalized spacial score (nSPS) is 11.2. The summed E-state index contributed by atoms with van der Waals surface area (Å²) in [6.45, 7) is 4.26. The van der Waals surface area contributed by atoms with Crippen LogP contribution in [-0.4, -0.2) is 23.5 Å². The van der Waals surface area contributed by atoms with Gasteiger partial charge < -0.3 is 16.2 Å². The number of halogens is 1. The van der Waals surface area contributed by atoms with Crippen molar-refractivity contribution in [2.75, 3.05) is 12.3 Å². The second kappa shape index (κ2) is 7.06. The molecule has 0 saturated carbocycles. The van der Waals surface area contributed by atoms with Crippen LogP contribution in [0.1, 0.15) is 43.5 Å². The summed E-state index contributed by atoms with van der Waals surface area (Å²) in [5.74, 6) is -1.88. The Labute approximate surface area is 123 Å². The van der Waals surface area contributed by atoms with Gasteiger partial charge in [0.15, 0.2) is 0 Å². The summed E-state index contributed by atoms with van der Waals surface area (Å²) in [5.41, 5.74) is 5.27. The predicted octanol–water partition coefficient (Wildman–Crippen LogP) is 2.42. The topological polar surface area (TPSA) is 92.4 Å². The molecule has 6 heteroatoms. The number of anilines is 1. The summed E-state index contributed by atoms with van der Waals surface area (Å²) in [6.07, 6.45) is 1.25. The van der Waals surface area contributed by atoms with E-state index in [1.807, 2.05) is 13.8 Å². The summed E-state index contributed by atoms with van der Waals surface area (Å²) >= 11 is 0. The Morgan fingerprint density at radius 1 is 1.33 bits per heavy atom. The fraction of sp³-hybridized carbons (Fsp3) is 0.467. The van der Waals surface area contributed by atoms with Gasteiger partial charge in [0.05, 0.1) is 11.3 Å². The number of carbonyl (C=O) groups excluding carboxylic acids is 1. The van der Waals surface area contributed by atoms with Gasteiger partial charge >= 0.3 is 5.97 Å². The number of amides is 1. The third-order valence-corrected chi connectivity index (χ3v) is 3.40. The van der Waals surface area contributed by atoms with Gasteiger partial charge in [-0.05, 0) is 30.4 Å². The maximum atomic E-state index is 13.3. The first-order valence-corrected chi connectivity index (χ1v) is 6.77. The van der Waals surface area contributed by atoms with Crippen LogP contribution in [0.4, 0.5) is 10.1 Å². The van der Waals surface area contributed by atoms with Gasteiger partial charge in [0, 0.05) is 13.0 Å². The lowest BCUT2D eigenvalue weighted by Crippen LogP contribution is -2.29. The standard InChI is InChI=1S/C15H21FN2O3/c1-15(2,7-6-12(19)20)8-9-18-14(21)10-4-3-5-11(16)13(10)17/h3-5H,6-9,17H2,1-2H3,(H,18,21)(H,19,20). The van der Waals surface area contributed by atoms with Crippen LogP contribution in [0.5, 0.6) is 0 Å². The SMILES string of the molecule is CC(C)(CCNC(=O)c1cccc(F)c1N)CCC(=O)O. The minimum absolute atomic E-state index is 0.0950. The maximum Gasteiger partial charge on any atom is 0.303 e. The van der Waals surface area contributed by atoms with Crippen molar-refractivity contribution in [2.45, 2.75) is 33.1 Å². The molecule has 0 fully saturated rings. The van der Waals surface area contributed by atoms with Crippen LogP contribution < -0.4 is 11.1 Å². The van der Waals surface area contributed by atoms with Crippen LogP contribution in [0.25, 0.3) is 0 Å². The highest BCUT2D eigenvalue weighted by Crippen LogP contribution is 2.26. The number of nitrogens with one attached hydrogen (secondary N) is 1. The molecular weight excluding hydrogens is 275 g/mol. The molecule has 4 N–H and O–H groups in total. The zero-order valence-electron chi connectivity index (χ0n) is 12.3. The highest BCUT2D eigenvalue weighted by atomic mass is 19.1. The smallest absolute Gasteiger partial charge is 0.303 e. The van der Waals surface area contributed by atoms with E-state index in [4.69, 9.17) is 10.8 Å². The van der Waals surface area contributed by atoms with Gasteiger partial charge in [0.2, 0.25) is 0 Å². The molecule has 5 nitrogen and oxygen atoms in total. The number of rotatable bonds is 7. The van der Waals surface area contributed by atoms with Crippen LogP contribution in [0.15, 0.2) is 18.2 Å². The quantitative estimate of drug-likeness (QED) is 0.674. The minimum atomic E-state index is -0.834. The third-order valence-electron chi connectivity index (χ3n) is 3.40. The largest absolute Gasteiger partial charge is 0.481 e. The molecule has 1 aromatic rings. The highest BCUT2D eigenvalue weighted by Gasteiger charge is 2.20. The van der Waals surface area contributed by atoms with Crippen LogP contribution >= 0.6 is 0 Å². The number of hydrogen-bond acceptors (Lipinski definition) is 3. The number of aliphatic carboxylic acids is 1. The minimum Gasteiger partial charge on any atom is -0.481 e. The van der Waals surface area contributed by atoms with E-state index in [2.05, 4.69) is 5.32 Å². The second-order valence-corrected chi connectivity index (χ2v) is 5.76. The molecule has 116 valence electrons. The number of para-hydroxylation sites is 1. The monoisotopic (exact) mass is 296 g/mol. The fourth-order valence-corrected chi connectivity index (χ4v) is 1.91. The number of nitrogen functional groups attached to an aromatic ring is 1. The van der Waals surface area contributed by atoms with E-state index in [0.717, 1.165) is 0 Å².